The van der Waals surface area contributed by atoms with E-state index in [0.29, 0.717) is 5.92 Å². The van der Waals surface area contributed by atoms with E-state index >= 15 is 0 Å². The van der Waals surface area contributed by atoms with Gasteiger partial charge < -0.3 is 0 Å². The Labute approximate surface area is 129 Å². The number of hydrogen-bond acceptors (Lipinski definition) is 4. The number of fused-ring (bicyclic) bond motifs is 1. The van der Waals surface area contributed by atoms with Gasteiger partial charge in [0.2, 0.25) is 5.95 Å². The monoisotopic (exact) mass is 298 g/mol. The zero-order chi connectivity index (χ0) is 15.1. The molecule has 114 valence electrons. The van der Waals surface area contributed by atoms with Crippen LogP contribution in [0.4, 0.5) is 4.39 Å². The summed E-state index contributed by atoms with van der Waals surface area (Å²) in [7, 11) is 0. The van der Waals surface area contributed by atoms with E-state index in [0.717, 1.165) is 43.1 Å². The predicted octanol–water partition coefficient (Wildman–Crippen LogP) is 2.75. The number of halogens is 1. The Hall–Kier alpha value is -1.88. The number of rotatable bonds is 3. The zero-order valence-electron chi connectivity index (χ0n) is 12.7. The van der Waals surface area contributed by atoms with Gasteiger partial charge in [-0.2, -0.15) is 4.39 Å². The average Bonchev–Trinajstić information content (AvgIpc) is 3.34. The fourth-order valence-electron chi connectivity index (χ4n) is 3.03. The van der Waals surface area contributed by atoms with Crippen molar-refractivity contribution in [2.75, 3.05) is 6.54 Å². The molecule has 0 bridgehead atoms. The maximum absolute atomic E-state index is 13.1. The first kappa shape index (κ1) is 13.8. The van der Waals surface area contributed by atoms with Gasteiger partial charge in [-0.1, -0.05) is 6.07 Å². The molecule has 0 radical (unpaired) electrons. The third kappa shape index (κ3) is 2.73. The van der Waals surface area contributed by atoms with Gasteiger partial charge >= 0.3 is 0 Å². The molecule has 0 saturated heterocycles. The highest BCUT2D eigenvalue weighted by Gasteiger charge is 2.28. The van der Waals surface area contributed by atoms with E-state index in [1.54, 1.807) is 0 Å². The van der Waals surface area contributed by atoms with Crippen LogP contribution in [0.5, 0.6) is 0 Å². The summed E-state index contributed by atoms with van der Waals surface area (Å²) in [6, 6.07) is 3.27. The number of pyridine rings is 1. The standard InChI is InChI=1S/C17H19FN4/c1-11-13(4-5-16(18)20-11)9-22-7-6-15-14(10-22)8-19-17(21-15)12-2-3-12/h4-5,8,12H,2-3,6-7,9-10H2,1H3. The Kier molecular flexibility index (Phi) is 3.37. The molecule has 2 aromatic heterocycles. The summed E-state index contributed by atoms with van der Waals surface area (Å²) < 4.78 is 13.1. The molecule has 3 heterocycles. The smallest absolute Gasteiger partial charge is 0.213 e. The number of aryl methyl sites for hydroxylation is 1. The van der Waals surface area contributed by atoms with Gasteiger partial charge in [-0.15, -0.1) is 0 Å². The molecule has 0 aromatic carbocycles. The van der Waals surface area contributed by atoms with Gasteiger partial charge in [-0.25, -0.2) is 15.0 Å². The molecule has 1 aliphatic heterocycles. The van der Waals surface area contributed by atoms with Crippen molar-refractivity contribution in [2.45, 2.75) is 45.2 Å². The molecule has 1 aliphatic carbocycles. The quantitative estimate of drug-likeness (QED) is 0.817. The lowest BCUT2D eigenvalue weighted by molar-refractivity contribution is 0.241. The molecule has 0 spiro atoms. The van der Waals surface area contributed by atoms with Gasteiger partial charge in [0.1, 0.15) is 5.82 Å². The Morgan fingerprint density at radius 2 is 2.14 bits per heavy atom. The van der Waals surface area contributed by atoms with Gasteiger partial charge in [0.05, 0.1) is 0 Å². The van der Waals surface area contributed by atoms with Crippen molar-refractivity contribution in [3.8, 4) is 0 Å². The van der Waals surface area contributed by atoms with E-state index < -0.39 is 5.95 Å². The van der Waals surface area contributed by atoms with E-state index in [1.165, 1.54) is 30.2 Å². The lowest BCUT2D eigenvalue weighted by Crippen LogP contribution is -2.31. The number of aromatic nitrogens is 3. The fraction of sp³-hybridized carbons (Fsp3) is 0.471. The van der Waals surface area contributed by atoms with E-state index in [2.05, 4.69) is 14.9 Å². The first-order chi connectivity index (χ1) is 10.7. The van der Waals surface area contributed by atoms with Crippen LogP contribution in [0.2, 0.25) is 0 Å². The normalized spacial score (nSPS) is 18.3. The molecular formula is C17H19FN4. The van der Waals surface area contributed by atoms with Crippen molar-refractivity contribution in [2.24, 2.45) is 0 Å². The highest BCUT2D eigenvalue weighted by Crippen LogP contribution is 2.38. The molecule has 0 amide bonds. The molecule has 1 saturated carbocycles. The van der Waals surface area contributed by atoms with Gasteiger partial charge in [0.15, 0.2) is 0 Å². The summed E-state index contributed by atoms with van der Waals surface area (Å²) >= 11 is 0. The number of hydrogen-bond donors (Lipinski definition) is 0. The Bertz CT molecular complexity index is 712. The first-order valence-corrected chi connectivity index (χ1v) is 7.88. The maximum Gasteiger partial charge on any atom is 0.213 e. The fourth-order valence-corrected chi connectivity index (χ4v) is 3.03. The SMILES string of the molecule is Cc1nc(F)ccc1CN1CCc2nc(C3CC3)ncc2C1. The molecule has 22 heavy (non-hydrogen) atoms. The second-order valence-electron chi connectivity index (χ2n) is 6.31. The van der Waals surface area contributed by atoms with E-state index in [9.17, 15) is 4.39 Å². The minimum absolute atomic E-state index is 0.411. The third-order valence-electron chi connectivity index (χ3n) is 4.53. The van der Waals surface area contributed by atoms with Gasteiger partial charge in [-0.05, 0) is 31.4 Å². The van der Waals surface area contributed by atoms with Gasteiger partial charge in [0.25, 0.3) is 0 Å². The highest BCUT2D eigenvalue weighted by atomic mass is 19.1. The van der Waals surface area contributed by atoms with Gasteiger partial charge in [-0.3, -0.25) is 4.90 Å². The molecule has 5 heteroatoms. The lowest BCUT2D eigenvalue weighted by Gasteiger charge is -2.28. The average molecular weight is 298 g/mol. The van der Waals surface area contributed by atoms with Crippen molar-refractivity contribution in [1.29, 1.82) is 0 Å². The Morgan fingerprint density at radius 1 is 1.27 bits per heavy atom. The van der Waals surface area contributed by atoms with E-state index in [1.807, 2.05) is 19.2 Å². The van der Waals surface area contributed by atoms with Gasteiger partial charge in [0, 0.05) is 55.1 Å². The highest BCUT2D eigenvalue weighted by molar-refractivity contribution is 5.24. The second-order valence-corrected chi connectivity index (χ2v) is 6.31. The summed E-state index contributed by atoms with van der Waals surface area (Å²) in [4.78, 5) is 15.5. The van der Waals surface area contributed by atoms with Crippen LogP contribution in [0, 0.1) is 12.9 Å². The minimum atomic E-state index is -0.411. The van der Waals surface area contributed by atoms with Crippen LogP contribution in [0.3, 0.4) is 0 Å². The molecule has 0 atom stereocenters. The summed E-state index contributed by atoms with van der Waals surface area (Å²) in [5.74, 6) is 1.23. The summed E-state index contributed by atoms with van der Waals surface area (Å²) in [6.45, 7) is 4.49. The lowest BCUT2D eigenvalue weighted by atomic mass is 10.1. The van der Waals surface area contributed by atoms with E-state index in [-0.39, 0.29) is 0 Å². The second kappa shape index (κ2) is 5.39. The molecule has 2 aliphatic rings. The molecule has 1 fully saturated rings. The molecule has 4 nitrogen and oxygen atoms in total. The number of nitrogens with zero attached hydrogens (tertiary/aromatic N) is 4. The molecule has 4 rings (SSSR count). The van der Waals surface area contributed by atoms with E-state index in [4.69, 9.17) is 4.98 Å². The van der Waals surface area contributed by atoms with Crippen molar-refractivity contribution in [3.63, 3.8) is 0 Å². The van der Waals surface area contributed by atoms with Crippen molar-refractivity contribution >= 4 is 0 Å². The van der Waals surface area contributed by atoms with Crippen LogP contribution < -0.4 is 0 Å². The molecular weight excluding hydrogens is 279 g/mol. The third-order valence-corrected chi connectivity index (χ3v) is 4.53. The minimum Gasteiger partial charge on any atom is -0.294 e. The van der Waals surface area contributed by atoms with Crippen molar-refractivity contribution in [3.05, 3.63) is 52.6 Å². The van der Waals surface area contributed by atoms with Crippen LogP contribution >= 0.6 is 0 Å². The van der Waals surface area contributed by atoms with Crippen LogP contribution in [-0.2, 0) is 19.5 Å². The van der Waals surface area contributed by atoms with Crippen LogP contribution in [0.25, 0.3) is 0 Å². The predicted molar refractivity (Wildman–Crippen MR) is 80.8 cm³/mol. The van der Waals surface area contributed by atoms with Crippen LogP contribution in [0.1, 0.15) is 47.1 Å². The zero-order valence-corrected chi connectivity index (χ0v) is 12.7. The van der Waals surface area contributed by atoms with Crippen molar-refractivity contribution < 1.29 is 4.39 Å². The maximum atomic E-state index is 13.1. The van der Waals surface area contributed by atoms with Crippen LogP contribution in [-0.4, -0.2) is 26.4 Å². The van der Waals surface area contributed by atoms with Crippen molar-refractivity contribution in [1.82, 2.24) is 19.9 Å². The Balaban J connectivity index is 1.49. The summed E-state index contributed by atoms with van der Waals surface area (Å²) in [6.07, 6.45) is 5.44. The largest absolute Gasteiger partial charge is 0.294 e. The first-order valence-electron chi connectivity index (χ1n) is 7.88. The molecule has 0 N–H and O–H groups in total. The molecule has 2 aromatic rings. The summed E-state index contributed by atoms with van der Waals surface area (Å²) in [5.41, 5.74) is 4.29. The van der Waals surface area contributed by atoms with Crippen LogP contribution in [0.15, 0.2) is 18.3 Å². The molecule has 0 unspecified atom stereocenters. The summed E-state index contributed by atoms with van der Waals surface area (Å²) in [5, 5.41) is 0. The Morgan fingerprint density at radius 3 is 2.91 bits per heavy atom. The topological polar surface area (TPSA) is 41.9 Å².